The molecule has 1 unspecified atom stereocenters. The minimum atomic E-state index is -4.41. The second-order valence-electron chi connectivity index (χ2n) is 8.10. The largest absolute Gasteiger partial charge is 0.416 e. The van der Waals surface area contributed by atoms with Gasteiger partial charge in [-0.25, -0.2) is 0 Å². The highest BCUT2D eigenvalue weighted by molar-refractivity contribution is 5.86. The lowest BCUT2D eigenvalue weighted by molar-refractivity contribution is -0.149. The van der Waals surface area contributed by atoms with E-state index in [-0.39, 0.29) is 31.2 Å². The Bertz CT molecular complexity index is 1090. The normalized spacial score (nSPS) is 18.2. The lowest BCUT2D eigenvalue weighted by Crippen LogP contribution is -2.49. The van der Waals surface area contributed by atoms with E-state index in [0.29, 0.717) is 18.7 Å². The van der Waals surface area contributed by atoms with Crippen molar-refractivity contribution < 1.29 is 22.7 Å². The fourth-order valence-corrected chi connectivity index (χ4v) is 4.07. The van der Waals surface area contributed by atoms with Gasteiger partial charge in [-0.1, -0.05) is 54.6 Å². The first-order valence-corrected chi connectivity index (χ1v) is 10.6. The Kier molecular flexibility index (Phi) is 6.48. The van der Waals surface area contributed by atoms with Gasteiger partial charge in [0.1, 0.15) is 6.61 Å². The maximum Gasteiger partial charge on any atom is 0.416 e. The van der Waals surface area contributed by atoms with Crippen LogP contribution in [-0.4, -0.2) is 36.6 Å². The van der Waals surface area contributed by atoms with E-state index in [1.807, 2.05) is 18.2 Å². The smallest absolute Gasteiger partial charge is 0.365 e. The molecule has 1 amide bonds. The van der Waals surface area contributed by atoms with Crippen molar-refractivity contribution >= 4 is 16.7 Å². The molecule has 4 rings (SSSR count). The summed E-state index contributed by atoms with van der Waals surface area (Å²) >= 11 is 0. The monoisotopic (exact) mass is 442 g/mol. The van der Waals surface area contributed by atoms with Gasteiger partial charge in [-0.3, -0.25) is 4.79 Å². The first-order chi connectivity index (χ1) is 15.3. The van der Waals surface area contributed by atoms with E-state index in [9.17, 15) is 18.0 Å². The van der Waals surface area contributed by atoms with Gasteiger partial charge in [0.25, 0.3) is 0 Å². The summed E-state index contributed by atoms with van der Waals surface area (Å²) in [7, 11) is 0. The fourth-order valence-electron chi connectivity index (χ4n) is 4.07. The third kappa shape index (κ3) is 5.11. The van der Waals surface area contributed by atoms with Crippen LogP contribution in [0.2, 0.25) is 0 Å². The third-order valence-electron chi connectivity index (χ3n) is 5.79. The Labute approximate surface area is 185 Å². The SMILES string of the molecule is C[C@@H](NCC1CN(Cc2cccc(C(F)(F)F)c2)C(=O)CO1)c1cccc2ccccc12. The number of morpholine rings is 1. The predicted octanol–water partition coefficient (Wildman–Crippen LogP) is 4.94. The Morgan fingerprint density at radius 2 is 1.84 bits per heavy atom. The molecule has 32 heavy (non-hydrogen) atoms. The Balaban J connectivity index is 1.39. The van der Waals surface area contributed by atoms with Gasteiger partial charge in [0.15, 0.2) is 0 Å². The summed E-state index contributed by atoms with van der Waals surface area (Å²) in [6.45, 7) is 2.98. The van der Waals surface area contributed by atoms with Crippen molar-refractivity contribution in [1.29, 1.82) is 0 Å². The van der Waals surface area contributed by atoms with Crippen LogP contribution in [0, 0.1) is 0 Å². The zero-order chi connectivity index (χ0) is 22.7. The van der Waals surface area contributed by atoms with Crippen molar-refractivity contribution in [2.45, 2.75) is 31.8 Å². The molecule has 1 aliphatic rings. The van der Waals surface area contributed by atoms with Crippen molar-refractivity contribution in [2.75, 3.05) is 19.7 Å². The predicted molar refractivity (Wildman–Crippen MR) is 117 cm³/mol. The maximum atomic E-state index is 13.0. The number of ether oxygens (including phenoxy) is 1. The molecule has 1 fully saturated rings. The molecular formula is C25H25F3N2O2. The number of carbonyl (C=O) groups excluding carboxylic acids is 1. The average Bonchev–Trinajstić information content (AvgIpc) is 2.78. The molecule has 0 bridgehead atoms. The molecule has 1 N–H and O–H groups in total. The summed E-state index contributed by atoms with van der Waals surface area (Å²) in [5.41, 5.74) is 0.916. The van der Waals surface area contributed by atoms with Crippen LogP contribution in [-0.2, 0) is 22.3 Å². The van der Waals surface area contributed by atoms with Gasteiger partial charge in [-0.05, 0) is 41.0 Å². The van der Waals surface area contributed by atoms with Crippen molar-refractivity contribution in [1.82, 2.24) is 10.2 Å². The first-order valence-electron chi connectivity index (χ1n) is 10.6. The summed E-state index contributed by atoms with van der Waals surface area (Å²) < 4.78 is 44.6. The molecule has 1 saturated heterocycles. The number of amides is 1. The Morgan fingerprint density at radius 1 is 1.09 bits per heavy atom. The van der Waals surface area contributed by atoms with Crippen LogP contribution >= 0.6 is 0 Å². The Hall–Kier alpha value is -2.90. The molecule has 7 heteroatoms. The fraction of sp³-hybridized carbons (Fsp3) is 0.320. The van der Waals surface area contributed by atoms with Crippen LogP contribution in [0.3, 0.4) is 0 Å². The number of halogens is 3. The van der Waals surface area contributed by atoms with Gasteiger partial charge in [-0.2, -0.15) is 13.2 Å². The standard InChI is InChI=1S/C25H25F3N2O2/c1-17(22-11-5-8-19-7-2-3-10-23(19)22)29-13-21-15-30(24(31)16-32-21)14-18-6-4-9-20(12-18)25(26,27)28/h2-12,17,21,29H,13-16H2,1H3/t17-,21?/m1/s1. The van der Waals surface area contributed by atoms with Crippen LogP contribution in [0.25, 0.3) is 10.8 Å². The van der Waals surface area contributed by atoms with Gasteiger partial charge in [0.2, 0.25) is 5.91 Å². The molecule has 3 aromatic rings. The molecule has 0 spiro atoms. The second-order valence-corrected chi connectivity index (χ2v) is 8.10. The number of hydrogen-bond acceptors (Lipinski definition) is 3. The molecule has 0 aromatic heterocycles. The van der Waals surface area contributed by atoms with E-state index in [1.54, 1.807) is 11.0 Å². The molecule has 4 nitrogen and oxygen atoms in total. The van der Waals surface area contributed by atoms with E-state index in [4.69, 9.17) is 4.74 Å². The summed E-state index contributed by atoms with van der Waals surface area (Å²) in [6.07, 6.45) is -4.65. The van der Waals surface area contributed by atoms with Crippen LogP contribution in [0.1, 0.15) is 29.7 Å². The van der Waals surface area contributed by atoms with Crippen LogP contribution in [0.5, 0.6) is 0 Å². The number of hydrogen-bond donors (Lipinski definition) is 1. The third-order valence-corrected chi connectivity index (χ3v) is 5.79. The first kappa shape index (κ1) is 22.3. The average molecular weight is 442 g/mol. The summed E-state index contributed by atoms with van der Waals surface area (Å²) in [5.74, 6) is -0.222. The maximum absolute atomic E-state index is 13.0. The number of benzene rings is 3. The molecular weight excluding hydrogens is 417 g/mol. The van der Waals surface area contributed by atoms with E-state index < -0.39 is 11.7 Å². The zero-order valence-corrected chi connectivity index (χ0v) is 17.7. The second kappa shape index (κ2) is 9.30. The molecule has 0 saturated carbocycles. The van der Waals surface area contributed by atoms with Crippen LogP contribution in [0.4, 0.5) is 13.2 Å². The van der Waals surface area contributed by atoms with Crippen molar-refractivity contribution in [3.05, 3.63) is 83.4 Å². The molecule has 1 heterocycles. The zero-order valence-electron chi connectivity index (χ0n) is 17.7. The van der Waals surface area contributed by atoms with Gasteiger partial charge in [0.05, 0.1) is 11.7 Å². The van der Waals surface area contributed by atoms with Crippen molar-refractivity contribution in [3.8, 4) is 0 Å². The number of fused-ring (bicyclic) bond motifs is 1. The van der Waals surface area contributed by atoms with E-state index in [0.717, 1.165) is 12.1 Å². The number of nitrogens with one attached hydrogen (secondary N) is 1. The quantitative estimate of drug-likeness (QED) is 0.588. The molecule has 0 radical (unpaired) electrons. The number of rotatable bonds is 6. The van der Waals surface area contributed by atoms with E-state index in [2.05, 4.69) is 36.5 Å². The van der Waals surface area contributed by atoms with Gasteiger partial charge in [0, 0.05) is 25.7 Å². The molecule has 2 atom stereocenters. The van der Waals surface area contributed by atoms with Gasteiger partial charge < -0.3 is 15.0 Å². The van der Waals surface area contributed by atoms with E-state index in [1.165, 1.54) is 22.4 Å². The molecule has 168 valence electrons. The highest BCUT2D eigenvalue weighted by Crippen LogP contribution is 2.30. The van der Waals surface area contributed by atoms with Gasteiger partial charge >= 0.3 is 6.18 Å². The summed E-state index contributed by atoms with van der Waals surface area (Å²) in [4.78, 5) is 13.9. The van der Waals surface area contributed by atoms with E-state index >= 15 is 0 Å². The number of carbonyl (C=O) groups is 1. The minimum absolute atomic E-state index is 0.0687. The molecule has 1 aliphatic heterocycles. The highest BCUT2D eigenvalue weighted by Gasteiger charge is 2.31. The molecule has 0 aliphatic carbocycles. The molecule has 3 aromatic carbocycles. The summed E-state index contributed by atoms with van der Waals surface area (Å²) in [6, 6.07) is 19.6. The topological polar surface area (TPSA) is 41.6 Å². The van der Waals surface area contributed by atoms with Crippen molar-refractivity contribution in [3.63, 3.8) is 0 Å². The summed E-state index contributed by atoms with van der Waals surface area (Å²) in [5, 5.41) is 5.83. The minimum Gasteiger partial charge on any atom is -0.365 e. The van der Waals surface area contributed by atoms with Gasteiger partial charge in [-0.15, -0.1) is 0 Å². The van der Waals surface area contributed by atoms with Crippen molar-refractivity contribution in [2.24, 2.45) is 0 Å². The highest BCUT2D eigenvalue weighted by atomic mass is 19.4. The number of nitrogens with zero attached hydrogens (tertiary/aromatic N) is 1. The lowest BCUT2D eigenvalue weighted by Gasteiger charge is -2.33. The van der Waals surface area contributed by atoms with Crippen LogP contribution < -0.4 is 5.32 Å². The van der Waals surface area contributed by atoms with Crippen LogP contribution in [0.15, 0.2) is 66.7 Å². The Morgan fingerprint density at radius 3 is 2.66 bits per heavy atom. The number of alkyl halides is 3. The lowest BCUT2D eigenvalue weighted by atomic mass is 9.99.